The van der Waals surface area contributed by atoms with Gasteiger partial charge in [-0.1, -0.05) is 316 Å². The molecule has 0 aromatic carbocycles. The van der Waals surface area contributed by atoms with E-state index in [9.17, 15) is 43.2 Å². The molecular weight excluding hydrogens is 1230 g/mol. The molecule has 6 atom stereocenters. The van der Waals surface area contributed by atoms with Gasteiger partial charge < -0.3 is 33.8 Å². The summed E-state index contributed by atoms with van der Waals surface area (Å²) in [7, 11) is -9.91. The molecule has 3 unspecified atom stereocenters. The molecule has 0 aromatic rings. The highest BCUT2D eigenvalue weighted by atomic mass is 31.2. The fourth-order valence-corrected chi connectivity index (χ4v) is 12.5. The van der Waals surface area contributed by atoms with Crippen LogP contribution in [0.4, 0.5) is 0 Å². The van der Waals surface area contributed by atoms with E-state index in [1.165, 1.54) is 167 Å². The normalized spacial score (nSPS) is 14.4. The molecule has 17 nitrogen and oxygen atoms in total. The number of hydrogen-bond donors (Lipinski definition) is 3. The molecule has 0 saturated carbocycles. The maximum atomic E-state index is 13.1. The minimum absolute atomic E-state index is 0.102. The third kappa shape index (κ3) is 66.8. The minimum Gasteiger partial charge on any atom is -0.462 e. The van der Waals surface area contributed by atoms with Gasteiger partial charge in [0.2, 0.25) is 0 Å². The first-order chi connectivity index (χ1) is 45.6. The second-order valence-electron chi connectivity index (χ2n) is 26.6. The number of aliphatic hydroxyl groups is 1. The summed E-state index contributed by atoms with van der Waals surface area (Å²) in [5, 5.41) is 10.6. The number of carbonyl (C=O) groups is 4. The van der Waals surface area contributed by atoms with Crippen molar-refractivity contribution in [3.05, 3.63) is 24.3 Å². The second kappa shape index (κ2) is 67.7. The van der Waals surface area contributed by atoms with Crippen molar-refractivity contribution in [2.45, 2.75) is 387 Å². The number of phosphoric ester groups is 2. The van der Waals surface area contributed by atoms with Gasteiger partial charge in [0.25, 0.3) is 0 Å². The summed E-state index contributed by atoms with van der Waals surface area (Å²) in [6.45, 7) is 7.11. The van der Waals surface area contributed by atoms with Crippen molar-refractivity contribution in [3.63, 3.8) is 0 Å². The van der Waals surface area contributed by atoms with Gasteiger partial charge in [-0.15, -0.1) is 0 Å². The fourth-order valence-electron chi connectivity index (χ4n) is 11.0. The van der Waals surface area contributed by atoms with E-state index in [2.05, 4.69) is 58.9 Å². The lowest BCUT2D eigenvalue weighted by Crippen LogP contribution is -2.30. The molecule has 0 spiro atoms. The van der Waals surface area contributed by atoms with Gasteiger partial charge in [-0.05, 0) is 57.3 Å². The number of aliphatic hydroxyl groups excluding tert-OH is 1. The molecule has 0 aliphatic rings. The Morgan fingerprint density at radius 2 is 0.596 bits per heavy atom. The molecule has 19 heteroatoms. The Morgan fingerprint density at radius 1 is 0.340 bits per heavy atom. The number of allylic oxidation sites excluding steroid dienone is 4. The SMILES string of the molecule is CCCCCC/C=C\C=C/CCCCCCCC(=O)OC[C@H](COP(=O)(O)OC[C@@H](O)COP(=O)(O)OC[C@@H](COC(=O)CCCCCCC)OC(=O)CCCCCCCCCCC(C)CC)OC(=O)CCCCCCCCCCCCCCCCCCCCCCCC. The van der Waals surface area contributed by atoms with Crippen LogP contribution in [0.15, 0.2) is 24.3 Å². The van der Waals surface area contributed by atoms with Gasteiger partial charge in [0.15, 0.2) is 12.2 Å². The van der Waals surface area contributed by atoms with Crippen molar-refractivity contribution in [3.8, 4) is 0 Å². The number of esters is 4. The van der Waals surface area contributed by atoms with Gasteiger partial charge in [0.1, 0.15) is 19.3 Å². The zero-order chi connectivity index (χ0) is 69.1. The number of rotatable bonds is 73. The quantitative estimate of drug-likeness (QED) is 0.0169. The Labute approximate surface area is 573 Å². The summed E-state index contributed by atoms with van der Waals surface area (Å²) in [5.41, 5.74) is 0. The highest BCUT2D eigenvalue weighted by Gasteiger charge is 2.30. The van der Waals surface area contributed by atoms with Gasteiger partial charge in [0, 0.05) is 25.7 Å². The van der Waals surface area contributed by atoms with Crippen LogP contribution in [0.25, 0.3) is 0 Å². The third-order valence-electron chi connectivity index (χ3n) is 17.3. The highest BCUT2D eigenvalue weighted by Crippen LogP contribution is 2.45. The van der Waals surface area contributed by atoms with Crippen LogP contribution >= 0.6 is 15.6 Å². The first-order valence-corrected chi connectivity index (χ1v) is 41.5. The average Bonchev–Trinajstić information content (AvgIpc) is 1.35. The lowest BCUT2D eigenvalue weighted by atomic mass is 9.99. The van der Waals surface area contributed by atoms with Gasteiger partial charge in [-0.25, -0.2) is 9.13 Å². The highest BCUT2D eigenvalue weighted by molar-refractivity contribution is 7.47. The predicted octanol–water partition coefficient (Wildman–Crippen LogP) is 21.6. The van der Waals surface area contributed by atoms with Gasteiger partial charge in [-0.3, -0.25) is 37.3 Å². The Balaban J connectivity index is 5.15. The lowest BCUT2D eigenvalue weighted by Gasteiger charge is -2.21. The molecule has 0 aliphatic carbocycles. The molecule has 94 heavy (non-hydrogen) atoms. The van der Waals surface area contributed by atoms with Crippen LogP contribution in [0.5, 0.6) is 0 Å². The van der Waals surface area contributed by atoms with Gasteiger partial charge in [-0.2, -0.15) is 0 Å². The van der Waals surface area contributed by atoms with Crippen molar-refractivity contribution >= 4 is 39.5 Å². The van der Waals surface area contributed by atoms with Gasteiger partial charge in [0.05, 0.1) is 26.4 Å². The number of unbranched alkanes of at least 4 members (excludes halogenated alkanes) is 41. The minimum atomic E-state index is -4.96. The molecular formula is C75H142O17P2. The van der Waals surface area contributed by atoms with Crippen molar-refractivity contribution in [1.82, 2.24) is 0 Å². The monoisotopic (exact) mass is 1380 g/mol. The molecule has 0 heterocycles. The number of ether oxygens (including phenoxy) is 4. The Hall–Kier alpha value is -2.46. The van der Waals surface area contributed by atoms with E-state index in [1.54, 1.807) is 0 Å². The van der Waals surface area contributed by atoms with E-state index in [4.69, 9.17) is 37.0 Å². The maximum Gasteiger partial charge on any atom is 0.472 e. The lowest BCUT2D eigenvalue weighted by molar-refractivity contribution is -0.161. The summed E-state index contributed by atoms with van der Waals surface area (Å²) in [4.78, 5) is 72.4. The van der Waals surface area contributed by atoms with Crippen LogP contribution in [0, 0.1) is 5.92 Å². The molecule has 0 bridgehead atoms. The summed E-state index contributed by atoms with van der Waals surface area (Å²) in [5.74, 6) is -1.39. The molecule has 0 rings (SSSR count). The molecule has 3 N–H and O–H groups in total. The molecule has 0 fully saturated rings. The van der Waals surface area contributed by atoms with Crippen molar-refractivity contribution in [2.24, 2.45) is 5.92 Å². The Bertz CT molecular complexity index is 1900. The third-order valence-corrected chi connectivity index (χ3v) is 19.2. The average molecular weight is 1380 g/mol. The predicted molar refractivity (Wildman–Crippen MR) is 381 cm³/mol. The van der Waals surface area contributed by atoms with Crippen molar-refractivity contribution in [1.29, 1.82) is 0 Å². The molecule has 0 radical (unpaired) electrons. The smallest absolute Gasteiger partial charge is 0.462 e. The van der Waals surface area contributed by atoms with Crippen molar-refractivity contribution < 1.29 is 80.2 Å². The molecule has 0 saturated heterocycles. The largest absolute Gasteiger partial charge is 0.472 e. The number of hydrogen-bond acceptors (Lipinski definition) is 15. The van der Waals surface area contributed by atoms with Crippen LogP contribution in [0.2, 0.25) is 0 Å². The summed E-state index contributed by atoms with van der Waals surface area (Å²) >= 11 is 0. The van der Waals surface area contributed by atoms with E-state index in [1.807, 2.05) is 0 Å². The van der Waals surface area contributed by atoms with Crippen LogP contribution in [-0.4, -0.2) is 96.7 Å². The summed E-state index contributed by atoms with van der Waals surface area (Å²) < 4.78 is 68.2. The van der Waals surface area contributed by atoms with E-state index < -0.39 is 97.5 Å². The molecule has 0 amide bonds. The Kier molecular flexibility index (Phi) is 65.9. The standard InChI is InChI=1S/C75H142O17P2/c1-6-10-13-16-18-20-22-24-26-27-28-29-30-31-32-34-36-38-40-45-50-55-60-74(79)92-71(65-86-73(78)59-54-49-44-39-37-35-33-25-23-21-19-17-14-11-7-2)67-90-94(83,84)88-63-69(76)62-87-93(81,82)89-66-70(64-85-72(77)58-53-47-15-12-8-3)91-75(80)61-56-51-46-42-41-43-48-52-57-68(5)9-4/h21,23,25,33,68-71,76H,6-20,22,24,26-32,34-67H2,1-5H3,(H,81,82)(H,83,84)/b23-21-,33-25-/t68?,69-,70+,71+/m0/s1. The summed E-state index contributed by atoms with van der Waals surface area (Å²) in [6.07, 6.45) is 59.7. The van der Waals surface area contributed by atoms with E-state index in [0.717, 1.165) is 121 Å². The molecule has 0 aromatic heterocycles. The Morgan fingerprint density at radius 3 is 0.904 bits per heavy atom. The van der Waals surface area contributed by atoms with E-state index in [0.29, 0.717) is 25.7 Å². The van der Waals surface area contributed by atoms with Crippen LogP contribution < -0.4 is 0 Å². The van der Waals surface area contributed by atoms with Crippen molar-refractivity contribution in [2.75, 3.05) is 39.6 Å². The second-order valence-corrected chi connectivity index (χ2v) is 29.5. The maximum absolute atomic E-state index is 13.1. The van der Waals surface area contributed by atoms with Crippen LogP contribution in [0.1, 0.15) is 369 Å². The van der Waals surface area contributed by atoms with Crippen LogP contribution in [-0.2, 0) is 65.4 Å². The topological polar surface area (TPSA) is 237 Å². The van der Waals surface area contributed by atoms with E-state index in [-0.39, 0.29) is 25.7 Å². The molecule has 0 aliphatic heterocycles. The number of carbonyl (C=O) groups excluding carboxylic acids is 4. The van der Waals surface area contributed by atoms with Gasteiger partial charge >= 0.3 is 39.5 Å². The number of phosphoric acid groups is 2. The zero-order valence-electron chi connectivity index (χ0n) is 60.6. The molecule has 554 valence electrons. The first kappa shape index (κ1) is 91.5. The van der Waals surface area contributed by atoms with Crippen LogP contribution in [0.3, 0.4) is 0 Å². The zero-order valence-corrected chi connectivity index (χ0v) is 62.4. The first-order valence-electron chi connectivity index (χ1n) is 38.5. The van der Waals surface area contributed by atoms with E-state index >= 15 is 0 Å². The fraction of sp³-hybridized carbons (Fsp3) is 0.893. The summed E-state index contributed by atoms with van der Waals surface area (Å²) in [6, 6.07) is 0.